The van der Waals surface area contributed by atoms with Gasteiger partial charge in [-0.2, -0.15) is 0 Å². The number of nitrogens with zero attached hydrogens (tertiary/aromatic N) is 2. The van der Waals surface area contributed by atoms with Crippen molar-refractivity contribution in [2.45, 2.75) is 19.1 Å². The maximum atomic E-state index is 6.03. The summed E-state index contributed by atoms with van der Waals surface area (Å²) in [5.41, 5.74) is 1.05. The van der Waals surface area contributed by atoms with Crippen molar-refractivity contribution in [1.82, 2.24) is 15.3 Å². The van der Waals surface area contributed by atoms with Crippen LogP contribution in [0, 0.1) is 0 Å². The van der Waals surface area contributed by atoms with Crippen molar-refractivity contribution < 1.29 is 9.47 Å². The summed E-state index contributed by atoms with van der Waals surface area (Å²) >= 11 is 0. The third kappa shape index (κ3) is 3.46. The first-order valence-electron chi connectivity index (χ1n) is 7.40. The number of nitrogens with one attached hydrogen (secondary N) is 2. The molecule has 1 fully saturated rings. The standard InChI is InChI=1S/C16H20N4O2/c1-21-14-3-2-6-19-16(14)20-9-12-4-7-18-11-15(12)22-13-5-8-17-10-13/h2-4,6-7,11,13,17H,5,8-10H2,1H3,(H,19,20)/t13-/m0/s1. The minimum Gasteiger partial charge on any atom is -0.493 e. The van der Waals surface area contributed by atoms with Crippen LogP contribution >= 0.6 is 0 Å². The van der Waals surface area contributed by atoms with Crippen LogP contribution in [-0.4, -0.2) is 36.3 Å². The number of rotatable bonds is 6. The van der Waals surface area contributed by atoms with Crippen molar-refractivity contribution in [2.24, 2.45) is 0 Å². The molecule has 2 aromatic rings. The quantitative estimate of drug-likeness (QED) is 0.848. The van der Waals surface area contributed by atoms with Crippen molar-refractivity contribution in [3.05, 3.63) is 42.4 Å². The normalized spacial score (nSPS) is 17.2. The van der Waals surface area contributed by atoms with Crippen LogP contribution in [0.4, 0.5) is 5.82 Å². The van der Waals surface area contributed by atoms with Gasteiger partial charge in [-0.3, -0.25) is 4.98 Å². The molecule has 2 N–H and O–H groups in total. The Morgan fingerprint density at radius 2 is 2.27 bits per heavy atom. The lowest BCUT2D eigenvalue weighted by atomic mass is 10.2. The van der Waals surface area contributed by atoms with Gasteiger partial charge in [0.05, 0.1) is 13.3 Å². The smallest absolute Gasteiger partial charge is 0.169 e. The molecule has 0 aliphatic carbocycles. The highest BCUT2D eigenvalue weighted by Crippen LogP contribution is 2.24. The van der Waals surface area contributed by atoms with E-state index < -0.39 is 0 Å². The van der Waals surface area contributed by atoms with Gasteiger partial charge in [-0.25, -0.2) is 4.98 Å². The maximum Gasteiger partial charge on any atom is 0.169 e. The molecule has 6 heteroatoms. The number of anilines is 1. The number of hydrogen-bond acceptors (Lipinski definition) is 6. The zero-order valence-corrected chi connectivity index (χ0v) is 12.6. The molecule has 116 valence electrons. The molecule has 0 unspecified atom stereocenters. The average Bonchev–Trinajstić information content (AvgIpc) is 3.07. The minimum atomic E-state index is 0.215. The second kappa shape index (κ2) is 7.09. The molecule has 1 aliphatic heterocycles. The van der Waals surface area contributed by atoms with Crippen LogP contribution in [0.5, 0.6) is 11.5 Å². The fourth-order valence-corrected chi connectivity index (χ4v) is 2.44. The molecular formula is C16H20N4O2. The number of ether oxygens (including phenoxy) is 2. The minimum absolute atomic E-state index is 0.215. The molecule has 2 aromatic heterocycles. The largest absolute Gasteiger partial charge is 0.493 e. The third-order valence-electron chi connectivity index (χ3n) is 3.62. The van der Waals surface area contributed by atoms with Crippen molar-refractivity contribution in [1.29, 1.82) is 0 Å². The molecular weight excluding hydrogens is 280 g/mol. The van der Waals surface area contributed by atoms with Gasteiger partial charge in [0, 0.05) is 31.0 Å². The van der Waals surface area contributed by atoms with Gasteiger partial charge >= 0.3 is 0 Å². The van der Waals surface area contributed by atoms with E-state index in [4.69, 9.17) is 9.47 Å². The third-order valence-corrected chi connectivity index (χ3v) is 3.62. The van der Waals surface area contributed by atoms with Gasteiger partial charge in [0.1, 0.15) is 11.9 Å². The SMILES string of the molecule is COc1cccnc1NCc1ccncc1O[C@H]1CCNC1. The van der Waals surface area contributed by atoms with Crippen LogP contribution in [-0.2, 0) is 6.54 Å². The highest BCUT2D eigenvalue weighted by molar-refractivity contribution is 5.50. The Kier molecular flexibility index (Phi) is 4.70. The summed E-state index contributed by atoms with van der Waals surface area (Å²) in [6.45, 7) is 2.49. The number of methoxy groups -OCH3 is 1. The van der Waals surface area contributed by atoms with Gasteiger partial charge in [-0.15, -0.1) is 0 Å². The fourth-order valence-electron chi connectivity index (χ4n) is 2.44. The first-order chi connectivity index (χ1) is 10.9. The van der Waals surface area contributed by atoms with E-state index in [1.54, 1.807) is 25.7 Å². The first-order valence-corrected chi connectivity index (χ1v) is 7.40. The maximum absolute atomic E-state index is 6.03. The predicted octanol–water partition coefficient (Wildman–Crippen LogP) is 1.84. The van der Waals surface area contributed by atoms with E-state index in [9.17, 15) is 0 Å². The van der Waals surface area contributed by atoms with Gasteiger partial charge in [0.25, 0.3) is 0 Å². The predicted molar refractivity (Wildman–Crippen MR) is 84.3 cm³/mol. The van der Waals surface area contributed by atoms with Crippen LogP contribution in [0.1, 0.15) is 12.0 Å². The van der Waals surface area contributed by atoms with Crippen LogP contribution < -0.4 is 20.1 Å². The summed E-state index contributed by atoms with van der Waals surface area (Å²) in [5.74, 6) is 2.26. The zero-order chi connectivity index (χ0) is 15.2. The molecule has 22 heavy (non-hydrogen) atoms. The molecule has 0 radical (unpaired) electrons. The molecule has 0 spiro atoms. The molecule has 6 nitrogen and oxygen atoms in total. The van der Waals surface area contributed by atoms with E-state index in [1.807, 2.05) is 18.2 Å². The molecule has 0 aromatic carbocycles. The second-order valence-corrected chi connectivity index (χ2v) is 5.12. The second-order valence-electron chi connectivity index (χ2n) is 5.12. The van der Waals surface area contributed by atoms with Gasteiger partial charge in [-0.05, 0) is 31.2 Å². The lowest BCUT2D eigenvalue weighted by Crippen LogP contribution is -2.20. The summed E-state index contributed by atoms with van der Waals surface area (Å²) in [4.78, 5) is 8.46. The van der Waals surface area contributed by atoms with Gasteiger partial charge in [0.2, 0.25) is 0 Å². The van der Waals surface area contributed by atoms with Crippen molar-refractivity contribution in [3.8, 4) is 11.5 Å². The van der Waals surface area contributed by atoms with Gasteiger partial charge < -0.3 is 20.1 Å². The topological polar surface area (TPSA) is 68.3 Å². The van der Waals surface area contributed by atoms with E-state index in [1.165, 1.54) is 0 Å². The molecule has 1 saturated heterocycles. The van der Waals surface area contributed by atoms with E-state index in [-0.39, 0.29) is 6.10 Å². The van der Waals surface area contributed by atoms with E-state index in [0.29, 0.717) is 6.54 Å². The Labute approximate surface area is 129 Å². The van der Waals surface area contributed by atoms with Gasteiger partial charge in [0.15, 0.2) is 11.6 Å². The molecule has 0 saturated carbocycles. The summed E-state index contributed by atoms with van der Waals surface area (Å²) in [7, 11) is 1.64. The van der Waals surface area contributed by atoms with Crippen LogP contribution in [0.25, 0.3) is 0 Å². The Balaban J connectivity index is 1.69. The lowest BCUT2D eigenvalue weighted by molar-refractivity contribution is 0.220. The van der Waals surface area contributed by atoms with E-state index in [0.717, 1.165) is 42.4 Å². The molecule has 1 aliphatic rings. The average molecular weight is 300 g/mol. The lowest BCUT2D eigenvalue weighted by Gasteiger charge is -2.16. The number of aromatic nitrogens is 2. The van der Waals surface area contributed by atoms with Crippen molar-refractivity contribution in [3.63, 3.8) is 0 Å². The van der Waals surface area contributed by atoms with E-state index in [2.05, 4.69) is 20.6 Å². The van der Waals surface area contributed by atoms with Crippen LogP contribution in [0.3, 0.4) is 0 Å². The summed E-state index contributed by atoms with van der Waals surface area (Å²) in [6.07, 6.45) is 6.51. The number of pyridine rings is 2. The van der Waals surface area contributed by atoms with Crippen molar-refractivity contribution >= 4 is 5.82 Å². The molecule has 3 heterocycles. The monoisotopic (exact) mass is 300 g/mol. The Bertz CT molecular complexity index is 615. The first kappa shape index (κ1) is 14.6. The summed E-state index contributed by atoms with van der Waals surface area (Å²) in [6, 6.07) is 5.68. The summed E-state index contributed by atoms with van der Waals surface area (Å²) in [5, 5.41) is 6.58. The van der Waals surface area contributed by atoms with Crippen molar-refractivity contribution in [2.75, 3.05) is 25.5 Å². The number of hydrogen-bond donors (Lipinski definition) is 2. The molecule has 3 rings (SSSR count). The Morgan fingerprint density at radius 1 is 1.32 bits per heavy atom. The fraction of sp³-hybridized carbons (Fsp3) is 0.375. The van der Waals surface area contributed by atoms with Gasteiger partial charge in [-0.1, -0.05) is 0 Å². The van der Waals surface area contributed by atoms with Crippen LogP contribution in [0.15, 0.2) is 36.8 Å². The Morgan fingerprint density at radius 3 is 3.09 bits per heavy atom. The highest BCUT2D eigenvalue weighted by atomic mass is 16.5. The summed E-state index contributed by atoms with van der Waals surface area (Å²) < 4.78 is 11.3. The molecule has 1 atom stereocenters. The Hall–Kier alpha value is -2.34. The molecule has 0 amide bonds. The zero-order valence-electron chi connectivity index (χ0n) is 12.6. The van der Waals surface area contributed by atoms with Crippen LogP contribution in [0.2, 0.25) is 0 Å². The highest BCUT2D eigenvalue weighted by Gasteiger charge is 2.17. The van der Waals surface area contributed by atoms with E-state index >= 15 is 0 Å². The molecule has 0 bridgehead atoms.